The molecule has 0 radical (unpaired) electrons. The van der Waals surface area contributed by atoms with Gasteiger partial charge >= 0.3 is 5.69 Å². The number of aryl methyl sites for hydroxylation is 2. The fourth-order valence-electron chi connectivity index (χ4n) is 2.06. The van der Waals surface area contributed by atoms with Crippen molar-refractivity contribution in [3.8, 4) is 6.07 Å². The summed E-state index contributed by atoms with van der Waals surface area (Å²) in [5, 5.41) is 9.17. The summed E-state index contributed by atoms with van der Waals surface area (Å²) in [5.74, 6) is 0.248. The normalized spacial score (nSPS) is 10.7. The highest BCUT2D eigenvalue weighted by atomic mass is 32.2. The number of fused-ring (bicyclic) bond motifs is 1. The molecule has 20 heavy (non-hydrogen) atoms. The summed E-state index contributed by atoms with van der Waals surface area (Å²) in [6.07, 6.45) is 2.38. The molecular formula is C13H14N4O2S. The maximum atomic E-state index is 12.4. The van der Waals surface area contributed by atoms with Gasteiger partial charge in [0.25, 0.3) is 5.56 Å². The van der Waals surface area contributed by atoms with Crippen LogP contribution in [0.1, 0.15) is 12.5 Å². The Morgan fingerprint density at radius 1 is 1.35 bits per heavy atom. The molecule has 0 unspecified atom stereocenters. The van der Waals surface area contributed by atoms with Gasteiger partial charge in [0.15, 0.2) is 0 Å². The number of thioether (sulfide) groups is 1. The largest absolute Gasteiger partial charge is 0.332 e. The number of hydrogen-bond donors (Lipinski definition) is 0. The van der Waals surface area contributed by atoms with E-state index in [2.05, 4.69) is 11.1 Å². The predicted octanol–water partition coefficient (Wildman–Crippen LogP) is 0.810. The third-order valence-electron chi connectivity index (χ3n) is 3.16. The zero-order chi connectivity index (χ0) is 14.9. The second-order valence-electron chi connectivity index (χ2n) is 4.32. The van der Waals surface area contributed by atoms with E-state index in [1.807, 2.05) is 6.92 Å². The lowest BCUT2D eigenvalue weighted by atomic mass is 10.2. The van der Waals surface area contributed by atoms with Crippen molar-refractivity contribution < 1.29 is 0 Å². The Morgan fingerprint density at radius 2 is 2.05 bits per heavy atom. The van der Waals surface area contributed by atoms with E-state index in [1.54, 1.807) is 13.2 Å². The molecule has 0 N–H and O–H groups in total. The van der Waals surface area contributed by atoms with Crippen LogP contribution in [0, 0.1) is 11.3 Å². The van der Waals surface area contributed by atoms with Gasteiger partial charge in [-0.15, -0.1) is 11.8 Å². The van der Waals surface area contributed by atoms with Crippen molar-refractivity contribution in [1.29, 1.82) is 5.26 Å². The molecule has 0 aliphatic heterocycles. The van der Waals surface area contributed by atoms with E-state index >= 15 is 0 Å². The van der Waals surface area contributed by atoms with Crippen LogP contribution < -0.4 is 11.2 Å². The lowest BCUT2D eigenvalue weighted by Crippen LogP contribution is -2.37. The molecule has 0 aliphatic carbocycles. The first-order valence-corrected chi connectivity index (χ1v) is 7.08. The van der Waals surface area contributed by atoms with Gasteiger partial charge in [0.2, 0.25) is 0 Å². The van der Waals surface area contributed by atoms with Gasteiger partial charge in [0, 0.05) is 25.2 Å². The van der Waals surface area contributed by atoms with Gasteiger partial charge in [-0.3, -0.25) is 13.9 Å². The van der Waals surface area contributed by atoms with Crippen LogP contribution >= 0.6 is 11.8 Å². The fraction of sp³-hybridized carbons (Fsp3) is 0.385. The third kappa shape index (κ3) is 2.12. The molecule has 0 saturated carbocycles. The first kappa shape index (κ1) is 14.3. The number of nitrogens with zero attached hydrogens (tertiary/aromatic N) is 4. The minimum atomic E-state index is -0.407. The Balaban J connectivity index is 2.97. The molecule has 0 spiro atoms. The summed E-state index contributed by atoms with van der Waals surface area (Å²) in [4.78, 5) is 29.3. The van der Waals surface area contributed by atoms with Gasteiger partial charge in [0.1, 0.15) is 5.65 Å². The Bertz CT molecular complexity index is 829. The van der Waals surface area contributed by atoms with Crippen LogP contribution in [-0.4, -0.2) is 19.9 Å². The molecule has 0 amide bonds. The molecule has 0 fully saturated rings. The van der Waals surface area contributed by atoms with Gasteiger partial charge in [-0.1, -0.05) is 6.92 Å². The average molecular weight is 290 g/mol. The summed E-state index contributed by atoms with van der Waals surface area (Å²) in [6, 6.07) is 2.06. The zero-order valence-electron chi connectivity index (χ0n) is 11.5. The maximum Gasteiger partial charge on any atom is 0.332 e. The number of hydrogen-bond acceptors (Lipinski definition) is 5. The predicted molar refractivity (Wildman–Crippen MR) is 77.9 cm³/mol. The van der Waals surface area contributed by atoms with E-state index in [9.17, 15) is 9.59 Å². The fourth-order valence-corrected chi connectivity index (χ4v) is 2.98. The first-order chi connectivity index (χ1) is 9.52. The molecule has 0 saturated heterocycles. The van der Waals surface area contributed by atoms with E-state index in [-0.39, 0.29) is 11.3 Å². The van der Waals surface area contributed by atoms with Gasteiger partial charge in [-0.25, -0.2) is 9.78 Å². The molecule has 0 atom stereocenters. The number of aromatic nitrogens is 3. The van der Waals surface area contributed by atoms with Crippen molar-refractivity contribution in [3.63, 3.8) is 0 Å². The minimum Gasteiger partial charge on any atom is -0.280 e. The molecule has 6 nitrogen and oxygen atoms in total. The molecule has 2 aromatic heterocycles. The Kier molecular flexibility index (Phi) is 3.95. The van der Waals surface area contributed by atoms with Gasteiger partial charge in [0.05, 0.1) is 17.2 Å². The summed E-state index contributed by atoms with van der Waals surface area (Å²) >= 11 is 1.31. The third-order valence-corrected chi connectivity index (χ3v) is 4.19. The Hall–Kier alpha value is -2.07. The highest BCUT2D eigenvalue weighted by Crippen LogP contribution is 2.27. The molecule has 2 heterocycles. The van der Waals surface area contributed by atoms with Gasteiger partial charge < -0.3 is 0 Å². The highest BCUT2D eigenvalue weighted by molar-refractivity contribution is 7.99. The molecule has 2 aromatic rings. The molecule has 0 aromatic carbocycles. The lowest BCUT2D eigenvalue weighted by molar-refractivity contribution is 0.705. The van der Waals surface area contributed by atoms with E-state index in [4.69, 9.17) is 5.26 Å². The molecule has 2 rings (SSSR count). The second-order valence-corrected chi connectivity index (χ2v) is 5.30. The smallest absolute Gasteiger partial charge is 0.280 e. The molecular weight excluding hydrogens is 276 g/mol. The van der Waals surface area contributed by atoms with Crippen LogP contribution in [-0.2, 0) is 20.5 Å². The molecule has 7 heteroatoms. The summed E-state index contributed by atoms with van der Waals surface area (Å²) in [5.41, 5.74) is 0.492. The standard InChI is InChI=1S/C13H14N4O2S/c1-4-8-7-15-11-9(10(8)20-6-5-14)12(18)17(3)13(19)16(11)2/h7H,4,6H2,1-3H3. The zero-order valence-corrected chi connectivity index (χ0v) is 12.3. The molecule has 0 aliphatic rings. The maximum absolute atomic E-state index is 12.4. The monoisotopic (exact) mass is 290 g/mol. The topological polar surface area (TPSA) is 80.7 Å². The highest BCUT2D eigenvalue weighted by Gasteiger charge is 2.16. The quantitative estimate of drug-likeness (QED) is 0.781. The Morgan fingerprint density at radius 3 is 2.65 bits per heavy atom. The van der Waals surface area contributed by atoms with Crippen molar-refractivity contribution >= 4 is 22.8 Å². The van der Waals surface area contributed by atoms with Crippen LogP contribution in [0.25, 0.3) is 11.0 Å². The Labute approximate surface area is 119 Å². The van der Waals surface area contributed by atoms with Gasteiger partial charge in [-0.05, 0) is 12.0 Å². The van der Waals surface area contributed by atoms with Crippen molar-refractivity contribution in [2.24, 2.45) is 14.1 Å². The summed E-state index contributed by atoms with van der Waals surface area (Å²) < 4.78 is 2.42. The van der Waals surface area contributed by atoms with Crippen LogP contribution in [0.4, 0.5) is 0 Å². The second kappa shape index (κ2) is 5.51. The molecule has 104 valence electrons. The van der Waals surface area contributed by atoms with Gasteiger partial charge in [-0.2, -0.15) is 5.26 Å². The number of nitriles is 1. The van der Waals surface area contributed by atoms with Crippen molar-refractivity contribution in [2.75, 3.05) is 5.75 Å². The van der Waals surface area contributed by atoms with Crippen molar-refractivity contribution in [2.45, 2.75) is 18.2 Å². The van der Waals surface area contributed by atoms with E-state index in [0.29, 0.717) is 17.5 Å². The SMILES string of the molecule is CCc1cnc2c(c1SCC#N)c(=O)n(C)c(=O)n2C. The minimum absolute atomic E-state index is 0.248. The summed E-state index contributed by atoms with van der Waals surface area (Å²) in [7, 11) is 3.03. The van der Waals surface area contributed by atoms with E-state index in [0.717, 1.165) is 15.0 Å². The number of pyridine rings is 1. The number of rotatable bonds is 3. The first-order valence-electron chi connectivity index (χ1n) is 6.10. The van der Waals surface area contributed by atoms with E-state index < -0.39 is 5.69 Å². The van der Waals surface area contributed by atoms with Crippen LogP contribution in [0.15, 0.2) is 20.7 Å². The molecule has 0 bridgehead atoms. The van der Waals surface area contributed by atoms with E-state index in [1.165, 1.54) is 23.4 Å². The summed E-state index contributed by atoms with van der Waals surface area (Å²) in [6.45, 7) is 1.96. The van der Waals surface area contributed by atoms with Crippen LogP contribution in [0.2, 0.25) is 0 Å². The van der Waals surface area contributed by atoms with Crippen LogP contribution in [0.5, 0.6) is 0 Å². The van der Waals surface area contributed by atoms with Crippen molar-refractivity contribution in [1.82, 2.24) is 14.1 Å². The van der Waals surface area contributed by atoms with Crippen LogP contribution in [0.3, 0.4) is 0 Å². The van der Waals surface area contributed by atoms with Crippen molar-refractivity contribution in [3.05, 3.63) is 32.6 Å². The lowest BCUT2D eigenvalue weighted by Gasteiger charge is -2.12. The average Bonchev–Trinajstić information content (AvgIpc) is 2.47.